The van der Waals surface area contributed by atoms with Crippen molar-refractivity contribution in [3.05, 3.63) is 23.8 Å². The Bertz CT molecular complexity index is 597. The second kappa shape index (κ2) is 5.65. The van der Waals surface area contributed by atoms with Crippen LogP contribution < -0.4 is 20.9 Å². The molecule has 7 heteroatoms. The van der Waals surface area contributed by atoms with Crippen LogP contribution in [0, 0.1) is 0 Å². The molecule has 5 N–H and O–H groups in total. The van der Waals surface area contributed by atoms with Gasteiger partial charge in [-0.05, 0) is 25.0 Å². The third kappa shape index (κ3) is 3.03. The molecular formula is C14H20N4O2S. The zero-order chi connectivity index (χ0) is 14.9. The number of benzene rings is 1. The highest BCUT2D eigenvalue weighted by atomic mass is 32.2. The van der Waals surface area contributed by atoms with E-state index in [1.165, 1.54) is 6.42 Å². The largest absolute Gasteiger partial charge is 0.491 e. The lowest BCUT2D eigenvalue weighted by Gasteiger charge is -2.33. The van der Waals surface area contributed by atoms with Crippen LogP contribution in [0.5, 0.6) is 5.75 Å². The van der Waals surface area contributed by atoms with Gasteiger partial charge in [-0.15, -0.1) is 0 Å². The lowest BCUT2D eigenvalue weighted by molar-refractivity contribution is 0.173. The molecule has 0 radical (unpaired) electrons. The maximum atomic E-state index is 11.5. The van der Waals surface area contributed by atoms with E-state index in [0.717, 1.165) is 25.7 Å². The van der Waals surface area contributed by atoms with Crippen molar-refractivity contribution in [2.45, 2.75) is 37.6 Å². The monoisotopic (exact) mass is 308 g/mol. The summed E-state index contributed by atoms with van der Waals surface area (Å²) in [6.07, 6.45) is 5.50. The summed E-state index contributed by atoms with van der Waals surface area (Å²) in [6, 6.07) is 5.48. The summed E-state index contributed by atoms with van der Waals surface area (Å²) < 4.78 is 24.0. The highest BCUT2D eigenvalue weighted by molar-refractivity contribution is 7.85. The normalized spacial score (nSPS) is 23.7. The smallest absolute Gasteiger partial charge is 0.245 e. The average molecular weight is 308 g/mol. The first kappa shape index (κ1) is 14.3. The molecule has 0 spiro atoms. The second-order valence-corrected chi connectivity index (χ2v) is 6.60. The van der Waals surface area contributed by atoms with Crippen LogP contribution in [0.15, 0.2) is 22.6 Å². The summed E-state index contributed by atoms with van der Waals surface area (Å²) in [5.74, 6) is 0.862. The molecule has 21 heavy (non-hydrogen) atoms. The van der Waals surface area contributed by atoms with E-state index in [4.69, 9.17) is 16.2 Å². The fraction of sp³-hybridized carbons (Fsp3) is 0.500. The summed E-state index contributed by atoms with van der Waals surface area (Å²) in [6.45, 7) is 0.458. The van der Waals surface area contributed by atoms with E-state index in [1.807, 2.05) is 12.1 Å². The minimum Gasteiger partial charge on any atom is -0.491 e. The van der Waals surface area contributed by atoms with Crippen molar-refractivity contribution in [1.29, 1.82) is 0 Å². The predicted molar refractivity (Wildman–Crippen MR) is 84.4 cm³/mol. The summed E-state index contributed by atoms with van der Waals surface area (Å²) in [4.78, 5) is 0. The molecule has 6 nitrogen and oxygen atoms in total. The Morgan fingerprint density at radius 1 is 1.33 bits per heavy atom. The number of nitrogens with two attached hydrogens (primary N) is 2. The van der Waals surface area contributed by atoms with Crippen LogP contribution >= 0.6 is 0 Å². The van der Waals surface area contributed by atoms with Gasteiger partial charge in [0.2, 0.25) is 11.2 Å². The molecular weight excluding hydrogens is 288 g/mol. The van der Waals surface area contributed by atoms with Gasteiger partial charge in [0, 0.05) is 0 Å². The molecule has 1 aliphatic carbocycles. The van der Waals surface area contributed by atoms with Crippen molar-refractivity contribution in [3.8, 4) is 5.75 Å². The van der Waals surface area contributed by atoms with Gasteiger partial charge < -0.3 is 16.2 Å². The molecule has 0 amide bonds. The quantitative estimate of drug-likeness (QED) is 0.786. The molecule has 0 aromatic heterocycles. The zero-order valence-electron chi connectivity index (χ0n) is 11.8. The van der Waals surface area contributed by atoms with Gasteiger partial charge in [0.1, 0.15) is 18.2 Å². The molecule has 1 heterocycles. The molecule has 2 aliphatic rings. The summed E-state index contributed by atoms with van der Waals surface area (Å²) in [7, 11) is 0. The topological polar surface area (TPSA) is 103 Å². The molecule has 0 bridgehead atoms. The molecule has 1 fully saturated rings. The number of nitrogens with zero attached hydrogens (tertiary/aromatic N) is 1. The maximum Gasteiger partial charge on any atom is 0.245 e. The number of fused-ring (bicyclic) bond motifs is 1. The van der Waals surface area contributed by atoms with Gasteiger partial charge >= 0.3 is 0 Å². The van der Waals surface area contributed by atoms with E-state index in [0.29, 0.717) is 23.6 Å². The number of amidine groups is 1. The first-order valence-corrected chi connectivity index (χ1v) is 8.26. The number of hydrogen-bond donors (Lipinski definition) is 3. The summed E-state index contributed by atoms with van der Waals surface area (Å²) in [5.41, 5.74) is 13.3. The van der Waals surface area contributed by atoms with Crippen LogP contribution in [-0.4, -0.2) is 22.2 Å². The zero-order valence-corrected chi connectivity index (χ0v) is 12.6. The number of ether oxygens (including phenoxy) is 1. The van der Waals surface area contributed by atoms with Gasteiger partial charge in [0.15, 0.2) is 0 Å². The summed E-state index contributed by atoms with van der Waals surface area (Å²) in [5, 5.41) is 0. The van der Waals surface area contributed by atoms with E-state index in [2.05, 4.69) is 9.12 Å². The van der Waals surface area contributed by atoms with E-state index in [-0.39, 0.29) is 11.4 Å². The average Bonchev–Trinajstić information content (AvgIpc) is 2.45. The van der Waals surface area contributed by atoms with Crippen LogP contribution in [0.4, 0.5) is 5.69 Å². The van der Waals surface area contributed by atoms with E-state index in [1.54, 1.807) is 6.07 Å². The van der Waals surface area contributed by atoms with Gasteiger partial charge in [-0.1, -0.05) is 25.3 Å². The molecule has 1 unspecified atom stereocenters. The highest BCUT2D eigenvalue weighted by Gasteiger charge is 2.29. The molecule has 3 rings (SSSR count). The molecule has 0 saturated heterocycles. The van der Waals surface area contributed by atoms with Gasteiger partial charge in [0.05, 0.1) is 16.8 Å². The third-order valence-corrected chi connectivity index (χ3v) is 4.78. The maximum absolute atomic E-state index is 11.5. The second-order valence-electron chi connectivity index (χ2n) is 5.72. The van der Waals surface area contributed by atoms with E-state index >= 15 is 0 Å². The Morgan fingerprint density at radius 3 is 2.86 bits per heavy atom. The minimum atomic E-state index is -1.52. The van der Waals surface area contributed by atoms with Gasteiger partial charge in [-0.3, -0.25) is 4.72 Å². The Hall–Kier alpha value is -1.60. The van der Waals surface area contributed by atoms with Crippen molar-refractivity contribution in [2.24, 2.45) is 15.9 Å². The van der Waals surface area contributed by atoms with Crippen LogP contribution in [0.25, 0.3) is 0 Å². The Morgan fingerprint density at radius 2 is 2.10 bits per heavy atom. The Kier molecular flexibility index (Phi) is 3.86. The fourth-order valence-electron chi connectivity index (χ4n) is 2.87. The van der Waals surface area contributed by atoms with Crippen molar-refractivity contribution in [2.75, 3.05) is 11.3 Å². The van der Waals surface area contributed by atoms with Gasteiger partial charge in [-0.25, -0.2) is 4.21 Å². The molecule has 1 saturated carbocycles. The first-order chi connectivity index (χ1) is 10.1. The van der Waals surface area contributed by atoms with Crippen molar-refractivity contribution >= 4 is 22.7 Å². The van der Waals surface area contributed by atoms with Crippen LogP contribution in [0.3, 0.4) is 0 Å². The van der Waals surface area contributed by atoms with E-state index < -0.39 is 11.2 Å². The number of rotatable bonds is 3. The SMILES string of the molecule is NC1=NS(=O)Nc2cccc(OCC3(N)CCCCC3)c21. The number of hydrogen-bond acceptors (Lipinski definition) is 4. The fourth-order valence-corrected chi connectivity index (χ4v) is 3.55. The van der Waals surface area contributed by atoms with E-state index in [9.17, 15) is 4.21 Å². The van der Waals surface area contributed by atoms with Crippen LogP contribution in [-0.2, 0) is 11.2 Å². The van der Waals surface area contributed by atoms with Crippen LogP contribution in [0.1, 0.15) is 37.7 Å². The molecule has 114 valence electrons. The number of anilines is 1. The third-order valence-electron chi connectivity index (χ3n) is 4.03. The van der Waals surface area contributed by atoms with Gasteiger partial charge in [0.25, 0.3) is 0 Å². The molecule has 1 aliphatic heterocycles. The van der Waals surface area contributed by atoms with Crippen LogP contribution in [0.2, 0.25) is 0 Å². The Balaban J connectivity index is 1.80. The standard InChI is InChI=1S/C14H20N4O2S/c15-13-12-10(17-21(19)18-13)5-4-6-11(12)20-9-14(16)7-2-1-3-8-14/h4-6,17H,1-3,7-9,16H2,(H2,15,18). The molecule has 1 aromatic rings. The molecule has 1 aromatic carbocycles. The van der Waals surface area contributed by atoms with Gasteiger partial charge in [-0.2, -0.15) is 4.40 Å². The summed E-state index contributed by atoms with van der Waals surface area (Å²) >= 11 is -1.52. The predicted octanol–water partition coefficient (Wildman–Crippen LogP) is 1.44. The minimum absolute atomic E-state index is 0.229. The lowest BCUT2D eigenvalue weighted by Crippen LogP contribution is -2.47. The van der Waals surface area contributed by atoms with Crippen molar-refractivity contribution < 1.29 is 8.95 Å². The molecule has 1 atom stereocenters. The first-order valence-electron chi connectivity index (χ1n) is 7.15. The van der Waals surface area contributed by atoms with Crippen molar-refractivity contribution in [1.82, 2.24) is 0 Å². The Labute approximate surface area is 126 Å². The lowest BCUT2D eigenvalue weighted by atomic mass is 9.83. The number of nitrogens with one attached hydrogen (secondary N) is 1. The van der Waals surface area contributed by atoms with Crippen molar-refractivity contribution in [3.63, 3.8) is 0 Å². The highest BCUT2D eigenvalue weighted by Crippen LogP contribution is 2.32.